The first-order valence-corrected chi connectivity index (χ1v) is 8.41. The van der Waals surface area contributed by atoms with Crippen LogP contribution in [0.4, 0.5) is 0 Å². The molecule has 7 nitrogen and oxygen atoms in total. The molecule has 134 valence electrons. The number of benzene rings is 1. The molecule has 0 radical (unpaired) electrons. The van der Waals surface area contributed by atoms with Crippen LogP contribution < -0.4 is 5.32 Å². The number of amides is 1. The predicted octanol–water partition coefficient (Wildman–Crippen LogP) is 2.41. The Labute approximate surface area is 151 Å². The van der Waals surface area contributed by atoms with Crippen molar-refractivity contribution >= 4 is 22.9 Å². The highest BCUT2D eigenvalue weighted by atomic mass is 16.5. The van der Waals surface area contributed by atoms with Crippen LogP contribution in [0.25, 0.3) is 22.3 Å². The van der Waals surface area contributed by atoms with E-state index in [-0.39, 0.29) is 24.8 Å². The summed E-state index contributed by atoms with van der Waals surface area (Å²) in [5.74, 6) is -0.636. The second-order valence-corrected chi connectivity index (χ2v) is 5.70. The fraction of sp³-hybridized carbons (Fsp3) is 0.263. The average Bonchev–Trinajstić information content (AvgIpc) is 3.10. The largest absolute Gasteiger partial charge is 0.469 e. The zero-order valence-electron chi connectivity index (χ0n) is 14.7. The molecular weight excluding hydrogens is 332 g/mol. The molecule has 0 fully saturated rings. The van der Waals surface area contributed by atoms with E-state index in [0.29, 0.717) is 28.8 Å². The number of esters is 1. The molecule has 0 bridgehead atoms. The van der Waals surface area contributed by atoms with Crippen molar-refractivity contribution in [1.82, 2.24) is 20.1 Å². The average molecular weight is 352 g/mol. The summed E-state index contributed by atoms with van der Waals surface area (Å²) >= 11 is 0. The van der Waals surface area contributed by atoms with E-state index in [1.807, 2.05) is 37.3 Å². The van der Waals surface area contributed by atoms with Crippen LogP contribution in [0.1, 0.15) is 23.7 Å². The van der Waals surface area contributed by atoms with Gasteiger partial charge in [0.25, 0.3) is 5.91 Å². The summed E-state index contributed by atoms with van der Waals surface area (Å²) in [6, 6.07) is 11.4. The van der Waals surface area contributed by atoms with Crippen molar-refractivity contribution in [3.05, 3.63) is 48.2 Å². The van der Waals surface area contributed by atoms with E-state index in [4.69, 9.17) is 0 Å². The Kier molecular flexibility index (Phi) is 5.26. The maximum atomic E-state index is 12.7. The Morgan fingerprint density at radius 1 is 1.23 bits per heavy atom. The Morgan fingerprint density at radius 3 is 2.69 bits per heavy atom. The van der Waals surface area contributed by atoms with Gasteiger partial charge < -0.3 is 10.1 Å². The third kappa shape index (κ3) is 3.56. The van der Waals surface area contributed by atoms with Crippen LogP contribution in [0.15, 0.2) is 42.6 Å². The summed E-state index contributed by atoms with van der Waals surface area (Å²) in [6.45, 7) is 2.83. The zero-order chi connectivity index (χ0) is 18.5. The van der Waals surface area contributed by atoms with E-state index < -0.39 is 0 Å². The minimum absolute atomic E-state index is 0.121. The molecule has 0 saturated carbocycles. The molecule has 0 spiro atoms. The van der Waals surface area contributed by atoms with Crippen LogP contribution in [-0.4, -0.2) is 40.3 Å². The Morgan fingerprint density at radius 2 is 2.00 bits per heavy atom. The number of carbonyl (C=O) groups excluding carboxylic acids is 2. The van der Waals surface area contributed by atoms with Gasteiger partial charge in [-0.3, -0.25) is 9.59 Å². The maximum absolute atomic E-state index is 12.7. The Hall–Kier alpha value is -3.22. The molecule has 0 saturated heterocycles. The van der Waals surface area contributed by atoms with Crippen molar-refractivity contribution in [3.63, 3.8) is 0 Å². The van der Waals surface area contributed by atoms with Gasteiger partial charge in [0.2, 0.25) is 0 Å². The molecule has 3 aromatic rings. The van der Waals surface area contributed by atoms with Gasteiger partial charge in [-0.25, -0.2) is 9.67 Å². The van der Waals surface area contributed by atoms with Crippen LogP contribution in [0.3, 0.4) is 0 Å². The van der Waals surface area contributed by atoms with Crippen molar-refractivity contribution in [2.24, 2.45) is 0 Å². The van der Waals surface area contributed by atoms with Crippen LogP contribution in [0, 0.1) is 0 Å². The lowest BCUT2D eigenvalue weighted by atomic mass is 10.1. The van der Waals surface area contributed by atoms with Gasteiger partial charge in [0.15, 0.2) is 5.65 Å². The van der Waals surface area contributed by atoms with E-state index in [2.05, 4.69) is 20.1 Å². The van der Waals surface area contributed by atoms with Crippen molar-refractivity contribution in [2.45, 2.75) is 19.9 Å². The van der Waals surface area contributed by atoms with Gasteiger partial charge in [-0.05, 0) is 13.0 Å². The van der Waals surface area contributed by atoms with Gasteiger partial charge in [0, 0.05) is 18.7 Å². The monoisotopic (exact) mass is 352 g/mol. The highest BCUT2D eigenvalue weighted by Gasteiger charge is 2.17. The van der Waals surface area contributed by atoms with E-state index in [1.165, 1.54) is 7.11 Å². The number of pyridine rings is 1. The van der Waals surface area contributed by atoms with Gasteiger partial charge in [0.05, 0.1) is 36.4 Å². The topological polar surface area (TPSA) is 86.1 Å². The van der Waals surface area contributed by atoms with E-state index in [1.54, 1.807) is 16.9 Å². The smallest absolute Gasteiger partial charge is 0.307 e. The molecule has 1 amide bonds. The van der Waals surface area contributed by atoms with Gasteiger partial charge >= 0.3 is 5.97 Å². The quantitative estimate of drug-likeness (QED) is 0.689. The number of hydrogen-bond donors (Lipinski definition) is 1. The van der Waals surface area contributed by atoms with Gasteiger partial charge in [0.1, 0.15) is 0 Å². The lowest BCUT2D eigenvalue weighted by molar-refractivity contribution is -0.140. The molecule has 1 aromatic carbocycles. The molecule has 26 heavy (non-hydrogen) atoms. The minimum Gasteiger partial charge on any atom is -0.469 e. The maximum Gasteiger partial charge on any atom is 0.307 e. The second-order valence-electron chi connectivity index (χ2n) is 5.70. The van der Waals surface area contributed by atoms with Crippen molar-refractivity contribution in [1.29, 1.82) is 0 Å². The van der Waals surface area contributed by atoms with Crippen LogP contribution in [0.5, 0.6) is 0 Å². The Bertz CT molecular complexity index is 935. The van der Waals surface area contributed by atoms with E-state index >= 15 is 0 Å². The number of aromatic nitrogens is 3. The molecule has 0 aliphatic carbocycles. The number of methoxy groups -OCH3 is 1. The van der Waals surface area contributed by atoms with Crippen molar-refractivity contribution in [3.8, 4) is 11.3 Å². The number of nitrogens with zero attached hydrogens (tertiary/aromatic N) is 3. The normalized spacial score (nSPS) is 10.7. The number of aryl methyl sites for hydroxylation is 1. The SMILES string of the molecule is CCn1ncc2c(C(=O)NCCC(=O)OC)cc(-c3ccccc3)nc21. The molecule has 0 aliphatic heterocycles. The number of rotatable bonds is 6. The molecule has 0 aliphatic rings. The van der Waals surface area contributed by atoms with Crippen LogP contribution in [0.2, 0.25) is 0 Å². The second kappa shape index (κ2) is 7.77. The molecule has 3 rings (SSSR count). The number of hydrogen-bond acceptors (Lipinski definition) is 5. The standard InChI is InChI=1S/C19H20N4O3/c1-3-23-18-15(12-21-23)14(19(25)20-10-9-17(24)26-2)11-16(22-18)13-7-5-4-6-8-13/h4-8,11-12H,3,9-10H2,1-2H3,(H,20,25). The molecular formula is C19H20N4O3. The number of fused-ring (bicyclic) bond motifs is 1. The first-order chi connectivity index (χ1) is 12.6. The summed E-state index contributed by atoms with van der Waals surface area (Å²) < 4.78 is 6.35. The summed E-state index contributed by atoms with van der Waals surface area (Å²) in [5, 5.41) is 7.75. The van der Waals surface area contributed by atoms with Crippen molar-refractivity contribution < 1.29 is 14.3 Å². The third-order valence-corrected chi connectivity index (χ3v) is 4.07. The van der Waals surface area contributed by atoms with Gasteiger partial charge in [-0.1, -0.05) is 30.3 Å². The van der Waals surface area contributed by atoms with Gasteiger partial charge in [-0.15, -0.1) is 0 Å². The minimum atomic E-state index is -0.367. The third-order valence-electron chi connectivity index (χ3n) is 4.07. The number of ether oxygens (including phenoxy) is 1. The fourth-order valence-electron chi connectivity index (χ4n) is 2.70. The predicted molar refractivity (Wildman–Crippen MR) is 97.6 cm³/mol. The van der Waals surface area contributed by atoms with Crippen LogP contribution in [-0.2, 0) is 16.1 Å². The fourth-order valence-corrected chi connectivity index (χ4v) is 2.70. The molecule has 2 aromatic heterocycles. The molecule has 2 heterocycles. The molecule has 0 atom stereocenters. The van der Waals surface area contributed by atoms with E-state index in [0.717, 1.165) is 5.56 Å². The molecule has 0 unspecified atom stereocenters. The number of nitrogens with one attached hydrogen (secondary N) is 1. The first kappa shape index (κ1) is 17.6. The van der Waals surface area contributed by atoms with E-state index in [9.17, 15) is 9.59 Å². The molecule has 1 N–H and O–H groups in total. The highest BCUT2D eigenvalue weighted by molar-refractivity contribution is 6.06. The first-order valence-electron chi connectivity index (χ1n) is 8.41. The number of carbonyl (C=O) groups is 2. The van der Waals surface area contributed by atoms with Crippen molar-refractivity contribution in [2.75, 3.05) is 13.7 Å². The molecule has 7 heteroatoms. The summed E-state index contributed by atoms with van der Waals surface area (Å²) in [4.78, 5) is 28.6. The summed E-state index contributed by atoms with van der Waals surface area (Å²) in [7, 11) is 1.32. The lowest BCUT2D eigenvalue weighted by Crippen LogP contribution is -2.26. The summed E-state index contributed by atoms with van der Waals surface area (Å²) in [5.41, 5.74) is 2.76. The van der Waals surface area contributed by atoms with Crippen LogP contribution >= 0.6 is 0 Å². The Balaban J connectivity index is 1.99. The van der Waals surface area contributed by atoms with Gasteiger partial charge in [-0.2, -0.15) is 5.10 Å². The summed E-state index contributed by atoms with van der Waals surface area (Å²) in [6.07, 6.45) is 1.77. The highest BCUT2D eigenvalue weighted by Crippen LogP contribution is 2.24. The zero-order valence-corrected chi connectivity index (χ0v) is 14.7. The lowest BCUT2D eigenvalue weighted by Gasteiger charge is -2.09.